The highest BCUT2D eigenvalue weighted by Gasteiger charge is 2.16. The molecule has 26 heavy (non-hydrogen) atoms. The molecule has 1 N–H and O–H groups in total. The first-order valence-electron chi connectivity index (χ1n) is 7.90. The lowest BCUT2D eigenvalue weighted by Gasteiger charge is -2.06. The van der Waals surface area contributed by atoms with Crippen LogP contribution in [0.5, 0.6) is 11.5 Å². The van der Waals surface area contributed by atoms with Gasteiger partial charge in [0.2, 0.25) is 5.69 Å². The van der Waals surface area contributed by atoms with E-state index in [1.807, 2.05) is 30.3 Å². The van der Waals surface area contributed by atoms with Crippen molar-refractivity contribution < 1.29 is 14.3 Å². The fraction of sp³-hybridized carbons (Fsp3) is 0.0500. The Morgan fingerprint density at radius 2 is 1.73 bits per heavy atom. The lowest BCUT2D eigenvalue weighted by atomic mass is 10.0. The van der Waals surface area contributed by atoms with Gasteiger partial charge in [0.25, 0.3) is 0 Å². The van der Waals surface area contributed by atoms with Gasteiger partial charge in [-0.2, -0.15) is 5.11 Å². The highest BCUT2D eigenvalue weighted by atomic mass is 16.5. The van der Waals surface area contributed by atoms with Crippen LogP contribution in [0.3, 0.4) is 0 Å². The maximum atomic E-state index is 12.2. The molecule has 0 amide bonds. The first kappa shape index (κ1) is 15.8. The van der Waals surface area contributed by atoms with Crippen LogP contribution in [0.2, 0.25) is 0 Å². The first-order chi connectivity index (χ1) is 12.7. The molecule has 4 rings (SSSR count). The molecular formula is C20H14N2O4. The molecule has 0 aliphatic heterocycles. The molecule has 3 aromatic carbocycles. The predicted molar refractivity (Wildman–Crippen MR) is 98.8 cm³/mol. The van der Waals surface area contributed by atoms with Crippen molar-refractivity contribution >= 4 is 33.1 Å². The monoisotopic (exact) mass is 346 g/mol. The molecule has 1 aromatic heterocycles. The van der Waals surface area contributed by atoms with Gasteiger partial charge in [0.1, 0.15) is 11.3 Å². The van der Waals surface area contributed by atoms with Crippen LogP contribution in [0.1, 0.15) is 0 Å². The molecule has 128 valence electrons. The Morgan fingerprint density at radius 1 is 0.962 bits per heavy atom. The number of azo groups is 1. The Bertz CT molecular complexity index is 1190. The van der Waals surface area contributed by atoms with Crippen molar-refractivity contribution in [1.29, 1.82) is 0 Å². The van der Waals surface area contributed by atoms with Crippen molar-refractivity contribution in [2.75, 3.05) is 7.11 Å². The second kappa shape index (κ2) is 6.33. The summed E-state index contributed by atoms with van der Waals surface area (Å²) >= 11 is 0. The molecule has 6 heteroatoms. The van der Waals surface area contributed by atoms with E-state index in [0.717, 1.165) is 10.8 Å². The molecular weight excluding hydrogens is 332 g/mol. The summed E-state index contributed by atoms with van der Waals surface area (Å²) in [6, 6.07) is 17.8. The molecule has 0 atom stereocenters. The lowest BCUT2D eigenvalue weighted by Crippen LogP contribution is -1.98. The predicted octanol–water partition coefficient (Wildman–Crippen LogP) is 5.08. The molecule has 0 aliphatic rings. The summed E-state index contributed by atoms with van der Waals surface area (Å²) in [6.07, 6.45) is 0. The largest absolute Gasteiger partial charge is 0.505 e. The number of methoxy groups -OCH3 is 1. The molecule has 0 bridgehead atoms. The van der Waals surface area contributed by atoms with E-state index in [4.69, 9.17) is 9.15 Å². The van der Waals surface area contributed by atoms with E-state index in [1.54, 1.807) is 37.4 Å². The third kappa shape index (κ3) is 2.67. The van der Waals surface area contributed by atoms with Crippen LogP contribution in [0.15, 0.2) is 80.1 Å². The van der Waals surface area contributed by atoms with Crippen LogP contribution in [0.4, 0.5) is 11.4 Å². The summed E-state index contributed by atoms with van der Waals surface area (Å²) in [6.45, 7) is 0. The van der Waals surface area contributed by atoms with E-state index in [0.29, 0.717) is 22.4 Å². The summed E-state index contributed by atoms with van der Waals surface area (Å²) in [7, 11) is 1.57. The fourth-order valence-corrected chi connectivity index (χ4v) is 2.79. The van der Waals surface area contributed by atoms with Gasteiger partial charge in [-0.05, 0) is 41.1 Å². The molecule has 0 saturated carbocycles. The SMILES string of the molecule is COc1ccc(N=Nc2c(O)c3c(ccc4ccccc43)oc2=O)cc1. The third-order valence-electron chi connectivity index (χ3n) is 4.09. The van der Waals surface area contributed by atoms with Crippen LogP contribution in [-0.2, 0) is 0 Å². The van der Waals surface area contributed by atoms with E-state index >= 15 is 0 Å². The molecule has 0 radical (unpaired) electrons. The van der Waals surface area contributed by atoms with Crippen molar-refractivity contribution in [2.24, 2.45) is 10.2 Å². The second-order valence-corrected chi connectivity index (χ2v) is 5.64. The highest BCUT2D eigenvalue weighted by molar-refractivity contribution is 6.09. The molecule has 0 fully saturated rings. The van der Waals surface area contributed by atoms with Crippen LogP contribution in [0.25, 0.3) is 21.7 Å². The Hall–Kier alpha value is -3.67. The van der Waals surface area contributed by atoms with Gasteiger partial charge in [0.05, 0.1) is 18.2 Å². The van der Waals surface area contributed by atoms with Crippen molar-refractivity contribution in [3.63, 3.8) is 0 Å². The average Bonchev–Trinajstić information content (AvgIpc) is 2.67. The number of benzene rings is 3. The topological polar surface area (TPSA) is 84.4 Å². The maximum absolute atomic E-state index is 12.2. The number of rotatable bonds is 3. The van der Waals surface area contributed by atoms with Crippen LogP contribution in [0, 0.1) is 0 Å². The third-order valence-corrected chi connectivity index (χ3v) is 4.09. The van der Waals surface area contributed by atoms with Gasteiger partial charge >= 0.3 is 5.63 Å². The highest BCUT2D eigenvalue weighted by Crippen LogP contribution is 2.37. The summed E-state index contributed by atoms with van der Waals surface area (Å²) in [5.74, 6) is 0.439. The van der Waals surface area contributed by atoms with Gasteiger partial charge in [-0.3, -0.25) is 0 Å². The maximum Gasteiger partial charge on any atom is 0.368 e. The van der Waals surface area contributed by atoms with Crippen LogP contribution in [-0.4, -0.2) is 12.2 Å². The van der Waals surface area contributed by atoms with Crippen molar-refractivity contribution in [3.05, 3.63) is 71.1 Å². The van der Waals surface area contributed by atoms with Crippen LogP contribution < -0.4 is 10.4 Å². The Balaban J connectivity index is 1.87. The zero-order valence-corrected chi connectivity index (χ0v) is 13.8. The number of fused-ring (bicyclic) bond motifs is 3. The van der Waals surface area contributed by atoms with E-state index in [2.05, 4.69) is 10.2 Å². The smallest absolute Gasteiger partial charge is 0.368 e. The first-order valence-corrected chi connectivity index (χ1v) is 7.90. The van der Waals surface area contributed by atoms with Gasteiger partial charge in [-0.15, -0.1) is 5.11 Å². The van der Waals surface area contributed by atoms with E-state index in [1.165, 1.54) is 0 Å². The van der Waals surface area contributed by atoms with Crippen molar-refractivity contribution in [3.8, 4) is 11.5 Å². The van der Waals surface area contributed by atoms with Crippen molar-refractivity contribution in [2.45, 2.75) is 0 Å². The van der Waals surface area contributed by atoms with E-state index in [-0.39, 0.29) is 11.4 Å². The molecule has 6 nitrogen and oxygen atoms in total. The van der Waals surface area contributed by atoms with E-state index in [9.17, 15) is 9.90 Å². The summed E-state index contributed by atoms with van der Waals surface area (Å²) in [4.78, 5) is 12.2. The molecule has 0 spiro atoms. The zero-order valence-electron chi connectivity index (χ0n) is 13.8. The molecule has 0 aliphatic carbocycles. The molecule has 0 unspecified atom stereocenters. The Kier molecular flexibility index (Phi) is 3.85. The molecule has 1 heterocycles. The average molecular weight is 346 g/mol. The normalized spacial score (nSPS) is 11.4. The number of nitrogens with zero attached hydrogens (tertiary/aromatic N) is 2. The van der Waals surface area contributed by atoms with Crippen molar-refractivity contribution in [1.82, 2.24) is 0 Å². The molecule has 0 saturated heterocycles. The van der Waals surface area contributed by atoms with E-state index < -0.39 is 5.63 Å². The minimum atomic E-state index is -0.748. The van der Waals surface area contributed by atoms with Crippen LogP contribution >= 0.6 is 0 Å². The van der Waals surface area contributed by atoms with Gasteiger partial charge in [0.15, 0.2) is 5.75 Å². The minimum absolute atomic E-state index is 0.232. The molecule has 4 aromatic rings. The van der Waals surface area contributed by atoms with Gasteiger partial charge in [-0.1, -0.05) is 30.3 Å². The summed E-state index contributed by atoms with van der Waals surface area (Å²) in [5.41, 5.74) is -0.163. The minimum Gasteiger partial charge on any atom is -0.505 e. The Labute approximate surface area is 148 Å². The van der Waals surface area contributed by atoms with Gasteiger partial charge in [-0.25, -0.2) is 4.79 Å². The number of hydrogen-bond acceptors (Lipinski definition) is 6. The van der Waals surface area contributed by atoms with Gasteiger partial charge in [0, 0.05) is 0 Å². The Morgan fingerprint density at radius 3 is 2.50 bits per heavy atom. The quantitative estimate of drug-likeness (QED) is 0.319. The number of ether oxygens (including phenoxy) is 1. The lowest BCUT2D eigenvalue weighted by molar-refractivity contribution is 0.415. The zero-order chi connectivity index (χ0) is 18.1. The summed E-state index contributed by atoms with van der Waals surface area (Å²) in [5, 5.41) is 20.7. The fourth-order valence-electron chi connectivity index (χ4n) is 2.79. The standard InChI is InChI=1S/C20H14N2O4/c1-25-14-9-7-13(8-10-14)21-22-18-19(23)17-15-5-3-2-4-12(15)6-11-16(17)26-20(18)24/h2-11,23H,1H3. The second-order valence-electron chi connectivity index (χ2n) is 5.64. The van der Waals surface area contributed by atoms with Gasteiger partial charge < -0.3 is 14.3 Å². The number of hydrogen-bond donors (Lipinski definition) is 1. The summed E-state index contributed by atoms with van der Waals surface area (Å²) < 4.78 is 10.4. The number of aromatic hydroxyl groups is 1.